The summed E-state index contributed by atoms with van der Waals surface area (Å²) < 4.78 is 18.9. The number of benzene rings is 2. The number of anilines is 2. The SMILES string of the molecule is CNC(=O)C1CN(CC(=O)Nc2ccc(F)c(Cl)c2)c2ccccc2O1. The Hall–Kier alpha value is -2.80. The largest absolute Gasteiger partial charge is 0.477 e. The molecule has 0 radical (unpaired) electrons. The Morgan fingerprint density at radius 3 is 2.81 bits per heavy atom. The Balaban J connectivity index is 1.75. The summed E-state index contributed by atoms with van der Waals surface area (Å²) in [7, 11) is 1.53. The zero-order chi connectivity index (χ0) is 18.7. The van der Waals surface area contributed by atoms with E-state index in [2.05, 4.69) is 10.6 Å². The Kier molecular flexibility index (Phi) is 5.27. The fraction of sp³-hybridized carbons (Fsp3) is 0.222. The van der Waals surface area contributed by atoms with Crippen LogP contribution in [-0.4, -0.2) is 38.1 Å². The number of amides is 2. The molecule has 0 fully saturated rings. The lowest BCUT2D eigenvalue weighted by Crippen LogP contribution is -2.50. The molecule has 136 valence electrons. The van der Waals surface area contributed by atoms with Crippen LogP contribution in [0.3, 0.4) is 0 Å². The lowest BCUT2D eigenvalue weighted by molar-refractivity contribution is -0.127. The first-order chi connectivity index (χ1) is 12.5. The molecule has 6 nitrogen and oxygen atoms in total. The summed E-state index contributed by atoms with van der Waals surface area (Å²) >= 11 is 5.73. The maximum atomic E-state index is 13.2. The van der Waals surface area contributed by atoms with E-state index in [0.29, 0.717) is 11.4 Å². The van der Waals surface area contributed by atoms with Gasteiger partial charge in [-0.2, -0.15) is 0 Å². The molecule has 1 heterocycles. The van der Waals surface area contributed by atoms with E-state index in [4.69, 9.17) is 16.3 Å². The van der Waals surface area contributed by atoms with E-state index in [1.54, 1.807) is 17.0 Å². The standard InChI is InChI=1S/C18H17ClFN3O3/c1-21-18(25)16-9-23(14-4-2-3-5-15(14)26-16)10-17(24)22-11-6-7-13(20)12(19)8-11/h2-8,16H,9-10H2,1H3,(H,21,25)(H,22,24). The van der Waals surface area contributed by atoms with Gasteiger partial charge in [0.2, 0.25) is 5.91 Å². The van der Waals surface area contributed by atoms with Gasteiger partial charge in [-0.3, -0.25) is 9.59 Å². The topological polar surface area (TPSA) is 70.7 Å². The van der Waals surface area contributed by atoms with Gasteiger partial charge in [0, 0.05) is 12.7 Å². The van der Waals surface area contributed by atoms with Gasteiger partial charge >= 0.3 is 0 Å². The van der Waals surface area contributed by atoms with Crippen molar-refractivity contribution in [1.82, 2.24) is 5.32 Å². The summed E-state index contributed by atoms with van der Waals surface area (Å²) in [6.45, 7) is 0.233. The van der Waals surface area contributed by atoms with Gasteiger partial charge in [-0.1, -0.05) is 23.7 Å². The monoisotopic (exact) mass is 377 g/mol. The minimum absolute atomic E-state index is 0.00284. The zero-order valence-electron chi connectivity index (χ0n) is 14.0. The van der Waals surface area contributed by atoms with E-state index in [0.717, 1.165) is 5.69 Å². The summed E-state index contributed by atoms with van der Waals surface area (Å²) in [5, 5.41) is 5.15. The van der Waals surface area contributed by atoms with Crippen molar-refractivity contribution in [2.75, 3.05) is 30.4 Å². The first kappa shape index (κ1) is 18.0. The molecule has 2 amide bonds. The molecule has 2 aromatic carbocycles. The summed E-state index contributed by atoms with van der Waals surface area (Å²) in [5.74, 6) is -0.611. The van der Waals surface area contributed by atoms with Gasteiger partial charge in [0.15, 0.2) is 6.10 Å². The van der Waals surface area contributed by atoms with Crippen LogP contribution in [0.5, 0.6) is 5.75 Å². The zero-order valence-corrected chi connectivity index (χ0v) is 14.7. The lowest BCUT2D eigenvalue weighted by atomic mass is 10.1. The molecule has 1 unspecified atom stereocenters. The highest BCUT2D eigenvalue weighted by Gasteiger charge is 2.31. The van der Waals surface area contributed by atoms with Crippen molar-refractivity contribution < 1.29 is 18.7 Å². The molecular weight excluding hydrogens is 361 g/mol. The van der Waals surface area contributed by atoms with Crippen molar-refractivity contribution in [3.63, 3.8) is 0 Å². The van der Waals surface area contributed by atoms with Crippen LogP contribution >= 0.6 is 11.6 Å². The van der Waals surface area contributed by atoms with E-state index in [9.17, 15) is 14.0 Å². The van der Waals surface area contributed by atoms with E-state index >= 15 is 0 Å². The molecule has 2 aromatic rings. The van der Waals surface area contributed by atoms with E-state index < -0.39 is 11.9 Å². The number of rotatable bonds is 4. The highest BCUT2D eigenvalue weighted by molar-refractivity contribution is 6.31. The van der Waals surface area contributed by atoms with Crippen LogP contribution in [0.25, 0.3) is 0 Å². The average molecular weight is 378 g/mol. The quantitative estimate of drug-likeness (QED) is 0.858. The van der Waals surface area contributed by atoms with Crippen LogP contribution in [0.4, 0.5) is 15.8 Å². The minimum Gasteiger partial charge on any atom is -0.477 e. The molecule has 0 saturated heterocycles. The highest BCUT2D eigenvalue weighted by Crippen LogP contribution is 2.33. The minimum atomic E-state index is -0.719. The molecule has 0 saturated carbocycles. The van der Waals surface area contributed by atoms with Crippen LogP contribution < -0.4 is 20.3 Å². The Labute approximate surface area is 154 Å². The molecule has 2 N–H and O–H groups in total. The van der Waals surface area contributed by atoms with Gasteiger partial charge in [0.25, 0.3) is 5.91 Å². The Morgan fingerprint density at radius 2 is 2.08 bits per heavy atom. The number of ether oxygens (including phenoxy) is 1. The first-order valence-electron chi connectivity index (χ1n) is 7.95. The third-order valence-electron chi connectivity index (χ3n) is 3.94. The number of carbonyl (C=O) groups is 2. The molecule has 1 aliphatic rings. The average Bonchev–Trinajstić information content (AvgIpc) is 2.64. The molecule has 8 heteroatoms. The number of para-hydroxylation sites is 2. The van der Waals surface area contributed by atoms with Crippen molar-refractivity contribution in [3.8, 4) is 5.75 Å². The van der Waals surface area contributed by atoms with Crippen molar-refractivity contribution in [1.29, 1.82) is 0 Å². The second kappa shape index (κ2) is 7.61. The van der Waals surface area contributed by atoms with Gasteiger partial charge in [-0.05, 0) is 30.3 Å². The fourth-order valence-corrected chi connectivity index (χ4v) is 2.88. The van der Waals surface area contributed by atoms with Crippen molar-refractivity contribution in [2.45, 2.75) is 6.10 Å². The van der Waals surface area contributed by atoms with Gasteiger partial charge in [-0.15, -0.1) is 0 Å². The number of fused-ring (bicyclic) bond motifs is 1. The van der Waals surface area contributed by atoms with Crippen LogP contribution in [0.2, 0.25) is 5.02 Å². The molecule has 3 rings (SSSR count). The second-order valence-corrected chi connectivity index (χ2v) is 6.15. The molecule has 0 bridgehead atoms. The normalized spacial score (nSPS) is 15.7. The number of nitrogens with zero attached hydrogens (tertiary/aromatic N) is 1. The predicted octanol–water partition coefficient (Wildman–Crippen LogP) is 2.43. The number of nitrogens with one attached hydrogen (secondary N) is 2. The van der Waals surface area contributed by atoms with Gasteiger partial charge < -0.3 is 20.3 Å². The van der Waals surface area contributed by atoms with Crippen molar-refractivity contribution in [2.24, 2.45) is 0 Å². The van der Waals surface area contributed by atoms with E-state index in [1.165, 1.54) is 25.2 Å². The Bertz CT molecular complexity index is 846. The van der Waals surface area contributed by atoms with Gasteiger partial charge in [-0.25, -0.2) is 4.39 Å². The third kappa shape index (κ3) is 3.88. The Morgan fingerprint density at radius 1 is 1.31 bits per heavy atom. The van der Waals surface area contributed by atoms with Crippen LogP contribution in [-0.2, 0) is 9.59 Å². The number of likely N-dealkylation sites (N-methyl/N-ethyl adjacent to an activating group) is 1. The molecule has 0 spiro atoms. The molecule has 1 aliphatic heterocycles. The molecule has 0 aromatic heterocycles. The lowest BCUT2D eigenvalue weighted by Gasteiger charge is -2.34. The molecule has 1 atom stereocenters. The van der Waals surface area contributed by atoms with Crippen molar-refractivity contribution in [3.05, 3.63) is 53.3 Å². The number of carbonyl (C=O) groups excluding carboxylic acids is 2. The fourth-order valence-electron chi connectivity index (χ4n) is 2.70. The van der Waals surface area contributed by atoms with Gasteiger partial charge in [0.1, 0.15) is 11.6 Å². The maximum absolute atomic E-state index is 13.2. The number of hydrogen-bond acceptors (Lipinski definition) is 4. The number of halogens is 2. The summed E-state index contributed by atoms with van der Waals surface area (Å²) in [5.41, 5.74) is 1.12. The highest BCUT2D eigenvalue weighted by atomic mass is 35.5. The summed E-state index contributed by atoms with van der Waals surface area (Å²) in [6, 6.07) is 11.1. The molecule has 26 heavy (non-hydrogen) atoms. The summed E-state index contributed by atoms with van der Waals surface area (Å²) in [6.07, 6.45) is -0.719. The predicted molar refractivity (Wildman–Crippen MR) is 97.2 cm³/mol. The number of hydrogen-bond donors (Lipinski definition) is 2. The van der Waals surface area contributed by atoms with Crippen LogP contribution in [0, 0.1) is 5.82 Å². The summed E-state index contributed by atoms with van der Waals surface area (Å²) in [4.78, 5) is 26.1. The van der Waals surface area contributed by atoms with Crippen LogP contribution in [0.15, 0.2) is 42.5 Å². The van der Waals surface area contributed by atoms with E-state index in [-0.39, 0.29) is 29.9 Å². The smallest absolute Gasteiger partial charge is 0.262 e. The van der Waals surface area contributed by atoms with E-state index in [1.807, 2.05) is 12.1 Å². The first-order valence-corrected chi connectivity index (χ1v) is 8.33. The van der Waals surface area contributed by atoms with Gasteiger partial charge in [0.05, 0.1) is 23.8 Å². The second-order valence-electron chi connectivity index (χ2n) is 5.75. The van der Waals surface area contributed by atoms with Crippen molar-refractivity contribution >= 4 is 34.8 Å². The molecular formula is C18H17ClFN3O3. The van der Waals surface area contributed by atoms with Crippen LogP contribution in [0.1, 0.15) is 0 Å². The third-order valence-corrected chi connectivity index (χ3v) is 4.23. The maximum Gasteiger partial charge on any atom is 0.262 e. The molecule has 0 aliphatic carbocycles.